The van der Waals surface area contributed by atoms with Gasteiger partial charge in [0.25, 0.3) is 5.91 Å². The Labute approximate surface area is 166 Å². The van der Waals surface area contributed by atoms with E-state index in [0.717, 1.165) is 11.3 Å². The van der Waals surface area contributed by atoms with Gasteiger partial charge in [0.2, 0.25) is 5.91 Å². The van der Waals surface area contributed by atoms with E-state index in [1.165, 1.54) is 23.3 Å². The summed E-state index contributed by atoms with van der Waals surface area (Å²) >= 11 is 6.18. The average molecular weight is 396 g/mol. The van der Waals surface area contributed by atoms with Crippen LogP contribution in [0.3, 0.4) is 0 Å². The molecule has 1 saturated heterocycles. The Morgan fingerprint density at radius 1 is 1.11 bits per heavy atom. The van der Waals surface area contributed by atoms with Crippen molar-refractivity contribution < 1.29 is 14.0 Å². The number of benzene rings is 1. The molecule has 3 aromatic rings. The molecule has 0 unspecified atom stereocenters. The van der Waals surface area contributed by atoms with Gasteiger partial charge >= 0.3 is 0 Å². The maximum absolute atomic E-state index is 11.5. The molecule has 3 heterocycles. The van der Waals surface area contributed by atoms with Gasteiger partial charge in [-0.05, 0) is 24.3 Å². The van der Waals surface area contributed by atoms with Crippen LogP contribution in [0, 0.1) is 0 Å². The fourth-order valence-electron chi connectivity index (χ4n) is 2.28. The molecule has 0 aliphatic carbocycles. The Kier molecular flexibility index (Phi) is 6.05. The van der Waals surface area contributed by atoms with Crippen molar-refractivity contribution in [1.29, 1.82) is 0 Å². The predicted octanol–water partition coefficient (Wildman–Crippen LogP) is 4.58. The molecule has 1 fully saturated rings. The second-order valence-corrected chi connectivity index (χ2v) is 7.25. The lowest BCUT2D eigenvalue weighted by atomic mass is 10.2. The van der Waals surface area contributed by atoms with Crippen molar-refractivity contribution in [2.24, 2.45) is 0 Å². The van der Waals surface area contributed by atoms with Gasteiger partial charge in [-0.2, -0.15) is 0 Å². The zero-order valence-electron chi connectivity index (χ0n) is 14.4. The smallest absolute Gasteiger partial charge is 0.263 e. The Hall–Kier alpha value is -2.90. The Bertz CT molecular complexity index is 989. The Balaban J connectivity index is 0.000000221. The van der Waals surface area contributed by atoms with Gasteiger partial charge in [0.15, 0.2) is 0 Å². The van der Waals surface area contributed by atoms with E-state index < -0.39 is 0 Å². The van der Waals surface area contributed by atoms with E-state index in [1.807, 2.05) is 54.6 Å². The van der Waals surface area contributed by atoms with Gasteiger partial charge < -0.3 is 9.73 Å². The molecular weight excluding hydrogens is 380 g/mol. The molecule has 0 atom stereocenters. The molecule has 0 saturated carbocycles. The highest BCUT2D eigenvalue weighted by Crippen LogP contribution is 2.28. The number of carbonyl (C=O) groups is 2. The lowest BCUT2D eigenvalue weighted by Crippen LogP contribution is -2.17. The second kappa shape index (κ2) is 8.66. The van der Waals surface area contributed by atoms with Crippen molar-refractivity contribution in [2.45, 2.75) is 6.92 Å². The van der Waals surface area contributed by atoms with Gasteiger partial charge in [-0.15, -0.1) is 0 Å². The molecule has 0 spiro atoms. The third-order valence-corrected chi connectivity index (χ3v) is 4.73. The van der Waals surface area contributed by atoms with Gasteiger partial charge in [0.05, 0.1) is 4.91 Å². The third kappa shape index (κ3) is 5.06. The lowest BCUT2D eigenvalue weighted by Gasteiger charge is -1.95. The van der Waals surface area contributed by atoms with Crippen LogP contribution < -0.4 is 5.32 Å². The van der Waals surface area contributed by atoms with Gasteiger partial charge in [0, 0.05) is 31.0 Å². The number of thiocarbonyl (C=S) groups is 1. The predicted molar refractivity (Wildman–Crippen MR) is 111 cm³/mol. The van der Waals surface area contributed by atoms with Gasteiger partial charge in [0.1, 0.15) is 15.8 Å². The molecule has 136 valence electrons. The number of nitrogens with zero attached hydrogens (tertiary/aromatic N) is 1. The number of hydrogen-bond donors (Lipinski definition) is 1. The quantitative estimate of drug-likeness (QED) is 0.507. The lowest BCUT2D eigenvalue weighted by molar-refractivity contribution is -0.115. The molecule has 1 amide bonds. The summed E-state index contributed by atoms with van der Waals surface area (Å²) in [6.07, 6.45) is 5.15. The van der Waals surface area contributed by atoms with E-state index in [4.69, 9.17) is 16.6 Å². The van der Waals surface area contributed by atoms with Crippen LogP contribution in [-0.2, 0) is 4.79 Å². The van der Waals surface area contributed by atoms with Crippen LogP contribution in [-0.4, -0.2) is 20.7 Å². The zero-order chi connectivity index (χ0) is 19.2. The minimum atomic E-state index is -0.173. The molecule has 5 nitrogen and oxygen atoms in total. The van der Waals surface area contributed by atoms with Crippen LogP contribution in [0.2, 0.25) is 0 Å². The summed E-state index contributed by atoms with van der Waals surface area (Å²) in [5, 5.41) is 2.57. The second-order valence-electron chi connectivity index (χ2n) is 5.53. The first-order valence-corrected chi connectivity index (χ1v) is 9.29. The molecule has 1 aliphatic rings. The summed E-state index contributed by atoms with van der Waals surface area (Å²) < 4.78 is 7.71. The maximum atomic E-state index is 11.5. The highest BCUT2D eigenvalue weighted by atomic mass is 32.2. The van der Waals surface area contributed by atoms with Crippen molar-refractivity contribution in [3.63, 3.8) is 0 Å². The van der Waals surface area contributed by atoms with E-state index in [2.05, 4.69) is 5.32 Å². The number of aromatic nitrogens is 1. The summed E-state index contributed by atoms with van der Waals surface area (Å²) in [5.74, 6) is 1.29. The minimum Gasteiger partial charge on any atom is -0.457 e. The molecule has 0 radical (unpaired) electrons. The van der Waals surface area contributed by atoms with E-state index >= 15 is 0 Å². The minimum absolute atomic E-state index is 0.0509. The van der Waals surface area contributed by atoms with E-state index in [-0.39, 0.29) is 11.8 Å². The van der Waals surface area contributed by atoms with E-state index in [9.17, 15) is 9.59 Å². The summed E-state index contributed by atoms with van der Waals surface area (Å²) in [6.45, 7) is 1.53. The molecule has 1 N–H and O–H groups in total. The van der Waals surface area contributed by atoms with Crippen molar-refractivity contribution >= 4 is 46.2 Å². The van der Waals surface area contributed by atoms with Gasteiger partial charge in [-0.3, -0.25) is 14.2 Å². The highest BCUT2D eigenvalue weighted by molar-refractivity contribution is 8.26. The molecular formula is C20H16N2O3S2. The van der Waals surface area contributed by atoms with E-state index in [1.54, 1.807) is 18.5 Å². The first kappa shape index (κ1) is 18.9. The fourth-order valence-corrected chi connectivity index (χ4v) is 3.31. The number of carbonyl (C=O) groups excluding carboxylic acids is 2. The van der Waals surface area contributed by atoms with Gasteiger partial charge in [-0.1, -0.05) is 54.3 Å². The van der Waals surface area contributed by atoms with Crippen molar-refractivity contribution in [2.75, 3.05) is 0 Å². The van der Waals surface area contributed by atoms with Crippen LogP contribution in [0.15, 0.2) is 76.3 Å². The molecule has 7 heteroatoms. The number of nitrogens with one attached hydrogen (secondary N) is 1. The summed E-state index contributed by atoms with van der Waals surface area (Å²) in [6, 6.07) is 17.2. The largest absolute Gasteiger partial charge is 0.457 e. The van der Waals surface area contributed by atoms with Crippen LogP contribution in [0.5, 0.6) is 0 Å². The highest BCUT2D eigenvalue weighted by Gasteiger charge is 2.22. The van der Waals surface area contributed by atoms with Crippen molar-refractivity contribution in [1.82, 2.24) is 9.88 Å². The molecule has 4 rings (SSSR count). The first-order valence-electron chi connectivity index (χ1n) is 8.07. The van der Waals surface area contributed by atoms with Crippen LogP contribution in [0.1, 0.15) is 17.5 Å². The normalized spacial score (nSPS) is 14.6. The van der Waals surface area contributed by atoms with E-state index in [0.29, 0.717) is 15.0 Å². The topological polar surface area (TPSA) is 64.2 Å². The molecule has 1 aliphatic heterocycles. The average Bonchev–Trinajstić information content (AvgIpc) is 3.39. The third-order valence-electron chi connectivity index (χ3n) is 3.57. The van der Waals surface area contributed by atoms with Crippen molar-refractivity contribution in [3.05, 3.63) is 77.7 Å². The fraction of sp³-hybridized carbons (Fsp3) is 0.0500. The summed E-state index contributed by atoms with van der Waals surface area (Å²) in [7, 11) is 0. The Morgan fingerprint density at radius 2 is 1.81 bits per heavy atom. The number of hydrogen-bond acceptors (Lipinski definition) is 5. The first-order chi connectivity index (χ1) is 13.0. The van der Waals surface area contributed by atoms with Crippen LogP contribution in [0.25, 0.3) is 17.4 Å². The number of thioether (sulfide) groups is 1. The Morgan fingerprint density at radius 3 is 2.37 bits per heavy atom. The standard InChI is InChI=1S/C14H9NO2S2.C6H7NO/c16-13-12(19-14(18)15-13)8-10-6-7-11(17-10)9-4-2-1-3-5-9;1-6(8)7-4-2-3-5-7/h1-8H,(H,15,16,18);2-5H,1H3/b12-8-;. The van der Waals surface area contributed by atoms with Gasteiger partial charge in [-0.25, -0.2) is 0 Å². The molecule has 0 bridgehead atoms. The summed E-state index contributed by atoms with van der Waals surface area (Å²) in [5.41, 5.74) is 1.01. The zero-order valence-corrected chi connectivity index (χ0v) is 16.0. The number of rotatable bonds is 2. The monoisotopic (exact) mass is 396 g/mol. The SMILES string of the molecule is CC(=O)n1cccc1.O=C1NC(=S)S/C1=C\c1ccc(-c2ccccc2)o1. The molecule has 1 aromatic carbocycles. The molecule has 27 heavy (non-hydrogen) atoms. The maximum Gasteiger partial charge on any atom is 0.263 e. The van der Waals surface area contributed by atoms with Crippen LogP contribution >= 0.6 is 24.0 Å². The number of amides is 1. The summed E-state index contributed by atoms with van der Waals surface area (Å²) in [4.78, 5) is 22.6. The van der Waals surface area contributed by atoms with Crippen LogP contribution in [0.4, 0.5) is 0 Å². The molecule has 2 aromatic heterocycles. The van der Waals surface area contributed by atoms with Crippen molar-refractivity contribution in [3.8, 4) is 11.3 Å². The number of furan rings is 1.